The molecule has 1 N–H and O–H groups in total. The van der Waals surface area contributed by atoms with Crippen molar-refractivity contribution >= 4 is 22.6 Å². The summed E-state index contributed by atoms with van der Waals surface area (Å²) in [6, 6.07) is 17.7. The number of amides is 1. The van der Waals surface area contributed by atoms with Crippen LogP contribution < -0.4 is 5.32 Å². The van der Waals surface area contributed by atoms with Crippen molar-refractivity contribution in [1.82, 2.24) is 14.8 Å². The number of aromatic nitrogens is 3. The molecule has 0 radical (unpaired) electrons. The average molecular weight is 356 g/mol. The van der Waals surface area contributed by atoms with Gasteiger partial charge in [0.25, 0.3) is 5.91 Å². The molecule has 0 unspecified atom stereocenters. The van der Waals surface area contributed by atoms with Crippen LogP contribution in [0.15, 0.2) is 60.8 Å². The van der Waals surface area contributed by atoms with Crippen molar-refractivity contribution < 1.29 is 4.79 Å². The van der Waals surface area contributed by atoms with Gasteiger partial charge in [-0.3, -0.25) is 9.78 Å². The highest BCUT2D eigenvalue weighted by Gasteiger charge is 2.16. The van der Waals surface area contributed by atoms with Crippen LogP contribution in [0.5, 0.6) is 0 Å². The number of hydrogen-bond donors (Lipinski definition) is 1. The number of fused-ring (bicyclic) bond motifs is 1. The Kier molecular flexibility index (Phi) is 4.20. The van der Waals surface area contributed by atoms with Gasteiger partial charge in [-0.05, 0) is 51.1 Å². The molecule has 0 aliphatic rings. The molecule has 0 aliphatic carbocycles. The van der Waals surface area contributed by atoms with Crippen molar-refractivity contribution in [3.8, 4) is 5.69 Å². The van der Waals surface area contributed by atoms with Crippen molar-refractivity contribution in [2.24, 2.45) is 0 Å². The number of anilines is 1. The van der Waals surface area contributed by atoms with E-state index in [1.807, 2.05) is 75.4 Å². The quantitative estimate of drug-likeness (QED) is 0.584. The lowest BCUT2D eigenvalue weighted by Gasteiger charge is -2.12. The smallest absolute Gasteiger partial charge is 0.258 e. The number of rotatable bonds is 3. The number of benzene rings is 2. The predicted octanol–water partition coefficient (Wildman–Crippen LogP) is 4.60. The molecule has 0 saturated carbocycles. The van der Waals surface area contributed by atoms with E-state index in [1.165, 1.54) is 0 Å². The fraction of sp³-hybridized carbons (Fsp3) is 0.136. The van der Waals surface area contributed by atoms with E-state index in [9.17, 15) is 4.79 Å². The van der Waals surface area contributed by atoms with Gasteiger partial charge in [-0.1, -0.05) is 29.8 Å². The summed E-state index contributed by atoms with van der Waals surface area (Å²) in [5, 5.41) is 8.38. The zero-order valence-electron chi connectivity index (χ0n) is 15.5. The standard InChI is InChI=1S/C22H20N4O/c1-14-9-10-20-17(11-14)12-19(16(3)24-20)22(27)25-21-15(2)13-23-26(21)18-7-5-4-6-8-18/h4-13H,1-3H3,(H,25,27). The largest absolute Gasteiger partial charge is 0.306 e. The molecule has 0 bridgehead atoms. The highest BCUT2D eigenvalue weighted by molar-refractivity contribution is 6.06. The number of pyridine rings is 1. The molecule has 0 saturated heterocycles. The summed E-state index contributed by atoms with van der Waals surface area (Å²) in [5.41, 5.74) is 5.08. The van der Waals surface area contributed by atoms with Crippen LogP contribution in [0, 0.1) is 20.8 Å². The maximum absolute atomic E-state index is 13.0. The highest BCUT2D eigenvalue weighted by Crippen LogP contribution is 2.22. The first-order valence-electron chi connectivity index (χ1n) is 8.82. The van der Waals surface area contributed by atoms with Crippen molar-refractivity contribution in [2.45, 2.75) is 20.8 Å². The lowest BCUT2D eigenvalue weighted by atomic mass is 10.1. The Bertz CT molecular complexity index is 1150. The van der Waals surface area contributed by atoms with Gasteiger partial charge < -0.3 is 5.32 Å². The molecule has 0 atom stereocenters. The predicted molar refractivity (Wildman–Crippen MR) is 107 cm³/mol. The number of nitrogens with one attached hydrogen (secondary N) is 1. The van der Waals surface area contributed by atoms with Gasteiger partial charge in [0.1, 0.15) is 5.82 Å². The summed E-state index contributed by atoms with van der Waals surface area (Å²) >= 11 is 0. The third-order valence-electron chi connectivity index (χ3n) is 4.59. The number of hydrogen-bond acceptors (Lipinski definition) is 3. The molecular weight excluding hydrogens is 336 g/mol. The number of carbonyl (C=O) groups excluding carboxylic acids is 1. The maximum atomic E-state index is 13.0. The summed E-state index contributed by atoms with van der Waals surface area (Å²) in [4.78, 5) is 17.6. The molecule has 5 heteroatoms. The normalized spacial score (nSPS) is 10.9. The molecule has 0 spiro atoms. The van der Waals surface area contributed by atoms with Gasteiger partial charge in [0.15, 0.2) is 0 Å². The summed E-state index contributed by atoms with van der Waals surface area (Å²) < 4.78 is 1.74. The van der Waals surface area contributed by atoms with Gasteiger partial charge in [0, 0.05) is 10.9 Å². The summed E-state index contributed by atoms with van der Waals surface area (Å²) in [7, 11) is 0. The summed E-state index contributed by atoms with van der Waals surface area (Å²) in [6.45, 7) is 5.81. The minimum absolute atomic E-state index is 0.191. The molecule has 4 aromatic rings. The third-order valence-corrected chi connectivity index (χ3v) is 4.59. The highest BCUT2D eigenvalue weighted by atomic mass is 16.1. The van der Waals surface area contributed by atoms with Gasteiger partial charge in [-0.25, -0.2) is 4.68 Å². The topological polar surface area (TPSA) is 59.8 Å². The van der Waals surface area contributed by atoms with E-state index < -0.39 is 0 Å². The SMILES string of the molecule is Cc1ccc2nc(C)c(C(=O)Nc3c(C)cnn3-c3ccccc3)cc2c1. The fourth-order valence-corrected chi connectivity index (χ4v) is 3.14. The van der Waals surface area contributed by atoms with Crippen LogP contribution in [0.2, 0.25) is 0 Å². The van der Waals surface area contributed by atoms with E-state index in [4.69, 9.17) is 0 Å². The number of para-hydroxylation sites is 1. The van der Waals surface area contributed by atoms with Crippen LogP contribution in [-0.4, -0.2) is 20.7 Å². The van der Waals surface area contributed by atoms with Gasteiger partial charge >= 0.3 is 0 Å². The van der Waals surface area contributed by atoms with Gasteiger partial charge in [-0.2, -0.15) is 5.10 Å². The molecule has 0 aliphatic heterocycles. The molecule has 2 aromatic heterocycles. The van der Waals surface area contributed by atoms with Crippen molar-refractivity contribution in [3.05, 3.63) is 83.2 Å². The average Bonchev–Trinajstić information content (AvgIpc) is 3.02. The minimum atomic E-state index is -0.191. The summed E-state index contributed by atoms with van der Waals surface area (Å²) in [5.74, 6) is 0.471. The van der Waals surface area contributed by atoms with E-state index in [2.05, 4.69) is 15.4 Å². The maximum Gasteiger partial charge on any atom is 0.258 e. The Hall–Kier alpha value is -3.47. The second-order valence-corrected chi connectivity index (χ2v) is 6.70. The monoisotopic (exact) mass is 356 g/mol. The van der Waals surface area contributed by atoms with Crippen molar-refractivity contribution in [1.29, 1.82) is 0 Å². The Morgan fingerprint density at radius 1 is 1.00 bits per heavy atom. The molecule has 134 valence electrons. The molecule has 1 amide bonds. The molecule has 0 fully saturated rings. The van der Waals surface area contributed by atoms with E-state index >= 15 is 0 Å². The molecule has 5 nitrogen and oxygen atoms in total. The fourth-order valence-electron chi connectivity index (χ4n) is 3.14. The molecule has 27 heavy (non-hydrogen) atoms. The van der Waals surface area contributed by atoms with Crippen LogP contribution in [0.3, 0.4) is 0 Å². The van der Waals surface area contributed by atoms with Crippen LogP contribution in [0.25, 0.3) is 16.6 Å². The van der Waals surface area contributed by atoms with Crippen LogP contribution in [-0.2, 0) is 0 Å². The van der Waals surface area contributed by atoms with E-state index in [-0.39, 0.29) is 5.91 Å². The van der Waals surface area contributed by atoms with Gasteiger partial charge in [-0.15, -0.1) is 0 Å². The van der Waals surface area contributed by atoms with E-state index in [1.54, 1.807) is 10.9 Å². The first kappa shape index (κ1) is 17.0. The first-order chi connectivity index (χ1) is 13.0. The molecule has 2 heterocycles. The van der Waals surface area contributed by atoms with E-state index in [0.29, 0.717) is 17.1 Å². The second kappa shape index (κ2) is 6.68. The molecule has 2 aromatic carbocycles. The lowest BCUT2D eigenvalue weighted by molar-refractivity contribution is 0.102. The number of aryl methyl sites for hydroxylation is 3. The van der Waals surface area contributed by atoms with Crippen molar-refractivity contribution in [3.63, 3.8) is 0 Å². The Labute approximate surface area is 157 Å². The molecular formula is C22H20N4O. The van der Waals surface area contributed by atoms with Crippen molar-refractivity contribution in [2.75, 3.05) is 5.32 Å². The molecule has 4 rings (SSSR count). The Balaban J connectivity index is 1.72. The van der Waals surface area contributed by atoms with E-state index in [0.717, 1.165) is 27.7 Å². The van der Waals surface area contributed by atoms with Crippen LogP contribution >= 0.6 is 0 Å². The Morgan fingerprint density at radius 2 is 1.78 bits per heavy atom. The van der Waals surface area contributed by atoms with Crippen LogP contribution in [0.1, 0.15) is 27.2 Å². The first-order valence-corrected chi connectivity index (χ1v) is 8.82. The zero-order valence-corrected chi connectivity index (χ0v) is 15.5. The zero-order chi connectivity index (χ0) is 19.0. The lowest BCUT2D eigenvalue weighted by Crippen LogP contribution is -2.17. The Morgan fingerprint density at radius 3 is 2.56 bits per heavy atom. The second-order valence-electron chi connectivity index (χ2n) is 6.70. The third kappa shape index (κ3) is 3.19. The number of carbonyl (C=O) groups is 1. The number of nitrogens with zero attached hydrogens (tertiary/aromatic N) is 3. The minimum Gasteiger partial charge on any atom is -0.306 e. The van der Waals surface area contributed by atoms with Gasteiger partial charge in [0.05, 0.1) is 28.7 Å². The van der Waals surface area contributed by atoms with Gasteiger partial charge in [0.2, 0.25) is 0 Å². The summed E-state index contributed by atoms with van der Waals surface area (Å²) in [6.07, 6.45) is 1.75. The van der Waals surface area contributed by atoms with Crippen LogP contribution in [0.4, 0.5) is 5.82 Å².